The molecule has 1 atom stereocenters. The Labute approximate surface area is 125 Å². The van der Waals surface area contributed by atoms with Crippen LogP contribution in [0.25, 0.3) is 0 Å². The second-order valence-corrected chi connectivity index (χ2v) is 5.77. The first-order valence-corrected chi connectivity index (χ1v) is 7.15. The van der Waals surface area contributed by atoms with Gasteiger partial charge < -0.3 is 9.47 Å². The first-order chi connectivity index (χ1) is 9.86. The molecule has 0 amide bonds. The predicted octanol–water partition coefficient (Wildman–Crippen LogP) is 3.18. The van der Waals surface area contributed by atoms with Gasteiger partial charge in [0, 0.05) is 12.0 Å². The van der Waals surface area contributed by atoms with E-state index in [1.54, 1.807) is 38.1 Å². The normalized spacial score (nSPS) is 25.1. The third-order valence-corrected chi connectivity index (χ3v) is 3.43. The van der Waals surface area contributed by atoms with Gasteiger partial charge in [-0.1, -0.05) is 12.1 Å². The zero-order valence-corrected chi connectivity index (χ0v) is 13.0. The van der Waals surface area contributed by atoms with Crippen LogP contribution in [0.3, 0.4) is 0 Å². The minimum Gasteiger partial charge on any atom is -0.462 e. The van der Waals surface area contributed by atoms with Crippen molar-refractivity contribution in [3.05, 3.63) is 35.4 Å². The molecule has 0 spiro atoms. The third kappa shape index (κ3) is 3.81. The standard InChI is InChI=1S/C16H22O5/c1-5-18-14(17)12-6-8-13(9-7-12)16(4)19-11-10-15(2,3)20-21-16/h6-9H,5,10-11H2,1-4H3. The van der Waals surface area contributed by atoms with E-state index in [9.17, 15) is 4.79 Å². The van der Waals surface area contributed by atoms with Crippen molar-refractivity contribution >= 4 is 5.97 Å². The average molecular weight is 294 g/mol. The van der Waals surface area contributed by atoms with Crippen LogP contribution in [0.4, 0.5) is 0 Å². The highest BCUT2D eigenvalue weighted by atomic mass is 17.2. The zero-order valence-electron chi connectivity index (χ0n) is 13.0. The molecule has 21 heavy (non-hydrogen) atoms. The van der Waals surface area contributed by atoms with Crippen molar-refractivity contribution in [1.29, 1.82) is 0 Å². The Hall–Kier alpha value is -1.43. The lowest BCUT2D eigenvalue weighted by molar-refractivity contribution is -0.446. The van der Waals surface area contributed by atoms with Gasteiger partial charge in [0.25, 0.3) is 0 Å². The lowest BCUT2D eigenvalue weighted by atomic mass is 10.0. The van der Waals surface area contributed by atoms with Crippen LogP contribution in [-0.2, 0) is 25.0 Å². The number of carbonyl (C=O) groups is 1. The van der Waals surface area contributed by atoms with Gasteiger partial charge in [0.05, 0.1) is 18.8 Å². The molecule has 0 aromatic heterocycles. The minimum absolute atomic E-state index is 0.339. The summed E-state index contributed by atoms with van der Waals surface area (Å²) in [6, 6.07) is 6.96. The number of ether oxygens (including phenoxy) is 2. The molecule has 5 heteroatoms. The van der Waals surface area contributed by atoms with Crippen molar-refractivity contribution in [3.63, 3.8) is 0 Å². The molecule has 1 aliphatic heterocycles. The molecule has 0 radical (unpaired) electrons. The lowest BCUT2D eigenvalue weighted by Crippen LogP contribution is -2.30. The fourth-order valence-corrected chi connectivity index (χ4v) is 2.00. The summed E-state index contributed by atoms with van der Waals surface area (Å²) in [5.74, 6) is -1.32. The van der Waals surface area contributed by atoms with E-state index in [4.69, 9.17) is 19.2 Å². The summed E-state index contributed by atoms with van der Waals surface area (Å²) >= 11 is 0. The Morgan fingerprint density at radius 3 is 2.48 bits per heavy atom. The molecule has 1 aromatic carbocycles. The average Bonchev–Trinajstić information content (AvgIpc) is 2.59. The molecule has 1 unspecified atom stereocenters. The largest absolute Gasteiger partial charge is 0.462 e. The second kappa shape index (κ2) is 6.13. The Kier molecular flexibility index (Phi) is 4.66. The van der Waals surface area contributed by atoms with E-state index in [1.807, 2.05) is 13.8 Å². The van der Waals surface area contributed by atoms with Gasteiger partial charge in [-0.3, -0.25) is 0 Å². The van der Waals surface area contributed by atoms with Crippen molar-refractivity contribution in [3.8, 4) is 0 Å². The highest BCUT2D eigenvalue weighted by Crippen LogP contribution is 2.33. The summed E-state index contributed by atoms with van der Waals surface area (Å²) in [6.45, 7) is 8.36. The van der Waals surface area contributed by atoms with Crippen LogP contribution in [0.2, 0.25) is 0 Å². The van der Waals surface area contributed by atoms with Crippen molar-refractivity contribution < 1.29 is 24.0 Å². The van der Waals surface area contributed by atoms with E-state index in [2.05, 4.69) is 0 Å². The maximum atomic E-state index is 11.6. The molecule has 0 bridgehead atoms. The van der Waals surface area contributed by atoms with Gasteiger partial charge >= 0.3 is 5.97 Å². The van der Waals surface area contributed by atoms with Gasteiger partial charge in [0.1, 0.15) is 5.60 Å². The fourth-order valence-electron chi connectivity index (χ4n) is 2.00. The van der Waals surface area contributed by atoms with E-state index in [0.717, 1.165) is 12.0 Å². The van der Waals surface area contributed by atoms with Crippen LogP contribution in [0.1, 0.15) is 50.0 Å². The molecule has 1 aliphatic rings. The SMILES string of the molecule is CCOC(=O)c1ccc(C2(C)OCCC(C)(C)OO2)cc1. The monoisotopic (exact) mass is 294 g/mol. The summed E-state index contributed by atoms with van der Waals surface area (Å²) in [4.78, 5) is 22.6. The van der Waals surface area contributed by atoms with Gasteiger partial charge in [0.15, 0.2) is 0 Å². The summed E-state index contributed by atoms with van der Waals surface area (Å²) < 4.78 is 10.8. The first kappa shape index (κ1) is 15.9. The summed E-state index contributed by atoms with van der Waals surface area (Å²) in [6.07, 6.45) is 0.740. The van der Waals surface area contributed by atoms with Gasteiger partial charge in [0.2, 0.25) is 5.79 Å². The summed E-state index contributed by atoms with van der Waals surface area (Å²) in [7, 11) is 0. The van der Waals surface area contributed by atoms with E-state index < -0.39 is 5.79 Å². The molecule has 0 saturated carbocycles. The molecule has 116 valence electrons. The minimum atomic E-state index is -0.985. The van der Waals surface area contributed by atoms with Gasteiger partial charge in [-0.25, -0.2) is 9.68 Å². The Morgan fingerprint density at radius 2 is 1.86 bits per heavy atom. The number of hydrogen-bond acceptors (Lipinski definition) is 5. The van der Waals surface area contributed by atoms with Crippen LogP contribution in [0, 0.1) is 0 Å². The number of carbonyl (C=O) groups excluding carboxylic acids is 1. The first-order valence-electron chi connectivity index (χ1n) is 7.15. The summed E-state index contributed by atoms with van der Waals surface area (Å²) in [5, 5.41) is 0. The van der Waals surface area contributed by atoms with Crippen molar-refractivity contribution in [2.45, 2.75) is 45.5 Å². The molecule has 1 heterocycles. The van der Waals surface area contributed by atoms with Gasteiger partial charge in [-0.15, -0.1) is 0 Å². The molecular formula is C16H22O5. The van der Waals surface area contributed by atoms with Crippen molar-refractivity contribution in [1.82, 2.24) is 0 Å². The van der Waals surface area contributed by atoms with Crippen LogP contribution in [0.5, 0.6) is 0 Å². The number of hydrogen-bond donors (Lipinski definition) is 0. The molecule has 0 N–H and O–H groups in total. The number of esters is 1. The van der Waals surface area contributed by atoms with Crippen molar-refractivity contribution in [2.24, 2.45) is 0 Å². The maximum Gasteiger partial charge on any atom is 0.338 e. The molecule has 1 aromatic rings. The maximum absolute atomic E-state index is 11.6. The molecular weight excluding hydrogens is 272 g/mol. The van der Waals surface area contributed by atoms with E-state index in [0.29, 0.717) is 18.8 Å². The lowest BCUT2D eigenvalue weighted by Gasteiger charge is -2.28. The molecule has 1 fully saturated rings. The van der Waals surface area contributed by atoms with Crippen LogP contribution >= 0.6 is 0 Å². The molecule has 5 nitrogen and oxygen atoms in total. The fraction of sp³-hybridized carbons (Fsp3) is 0.562. The molecule has 0 aliphatic carbocycles. The third-order valence-electron chi connectivity index (χ3n) is 3.43. The number of rotatable bonds is 3. The number of benzene rings is 1. The smallest absolute Gasteiger partial charge is 0.338 e. The Bertz CT molecular complexity index is 494. The highest BCUT2D eigenvalue weighted by Gasteiger charge is 2.37. The zero-order chi connectivity index (χ0) is 15.5. The van der Waals surface area contributed by atoms with Crippen molar-refractivity contribution in [2.75, 3.05) is 13.2 Å². The van der Waals surface area contributed by atoms with E-state index in [1.165, 1.54) is 0 Å². The highest BCUT2D eigenvalue weighted by molar-refractivity contribution is 5.89. The van der Waals surface area contributed by atoms with Crippen LogP contribution < -0.4 is 0 Å². The summed E-state index contributed by atoms with van der Waals surface area (Å²) in [5.41, 5.74) is 0.898. The Morgan fingerprint density at radius 1 is 1.19 bits per heavy atom. The quantitative estimate of drug-likeness (QED) is 0.633. The molecule has 2 rings (SSSR count). The van der Waals surface area contributed by atoms with Gasteiger partial charge in [-0.05, 0) is 39.8 Å². The van der Waals surface area contributed by atoms with Crippen LogP contribution in [-0.4, -0.2) is 24.8 Å². The van der Waals surface area contributed by atoms with Gasteiger partial charge in [-0.2, -0.15) is 4.89 Å². The topological polar surface area (TPSA) is 54.0 Å². The second-order valence-electron chi connectivity index (χ2n) is 5.77. The van der Waals surface area contributed by atoms with E-state index >= 15 is 0 Å². The molecule has 1 saturated heterocycles. The van der Waals surface area contributed by atoms with Crippen LogP contribution in [0.15, 0.2) is 24.3 Å². The predicted molar refractivity (Wildman–Crippen MR) is 76.6 cm³/mol. The van der Waals surface area contributed by atoms with E-state index in [-0.39, 0.29) is 11.6 Å². The Balaban J connectivity index is 2.15.